The number of hydrogen-bond acceptors (Lipinski definition) is 5. The molecule has 1 aromatic heterocycles. The van der Waals surface area contributed by atoms with E-state index in [2.05, 4.69) is 22.2 Å². The van der Waals surface area contributed by atoms with E-state index in [9.17, 15) is 0 Å². The lowest BCUT2D eigenvalue weighted by molar-refractivity contribution is 0.184. The lowest BCUT2D eigenvalue weighted by Gasteiger charge is -2.18. The molecule has 1 atom stereocenters. The van der Waals surface area contributed by atoms with Crippen LogP contribution in [0.25, 0.3) is 0 Å². The molecule has 6 heteroatoms. The van der Waals surface area contributed by atoms with Crippen molar-refractivity contribution in [3.05, 3.63) is 11.5 Å². The number of ether oxygens (including phenoxy) is 2. The predicted molar refractivity (Wildman–Crippen MR) is 63.2 cm³/mol. The van der Waals surface area contributed by atoms with Gasteiger partial charge in [-0.2, -0.15) is 0 Å². The first-order chi connectivity index (χ1) is 7.72. The number of nitrogens with zero attached hydrogens (tertiary/aromatic N) is 2. The predicted octanol–water partition coefficient (Wildman–Crippen LogP) is 1.98. The van der Waals surface area contributed by atoms with E-state index >= 15 is 0 Å². The largest absolute Gasteiger partial charge is 0.490 e. The molecular formula is C10H16ClN3O2. The van der Waals surface area contributed by atoms with E-state index in [0.29, 0.717) is 23.3 Å². The van der Waals surface area contributed by atoms with Crippen LogP contribution in [0, 0.1) is 0 Å². The highest BCUT2D eigenvalue weighted by Crippen LogP contribution is 2.28. The Bertz CT molecular complexity index is 336. The van der Waals surface area contributed by atoms with Crippen LogP contribution in [-0.2, 0) is 4.74 Å². The highest BCUT2D eigenvalue weighted by Gasteiger charge is 2.13. The minimum absolute atomic E-state index is 0.171. The van der Waals surface area contributed by atoms with E-state index in [-0.39, 0.29) is 6.04 Å². The summed E-state index contributed by atoms with van der Waals surface area (Å²) in [5, 5.41) is 3.50. The summed E-state index contributed by atoms with van der Waals surface area (Å²) in [5.74, 6) is 1.05. The van der Waals surface area contributed by atoms with E-state index in [0.717, 1.165) is 6.42 Å². The van der Waals surface area contributed by atoms with Crippen LogP contribution in [0.4, 0.5) is 5.82 Å². The maximum absolute atomic E-state index is 5.89. The van der Waals surface area contributed by atoms with Crippen molar-refractivity contribution in [2.24, 2.45) is 0 Å². The highest BCUT2D eigenvalue weighted by atomic mass is 35.5. The second kappa shape index (κ2) is 6.50. The highest BCUT2D eigenvalue weighted by molar-refractivity contribution is 6.31. The molecule has 0 aliphatic heterocycles. The summed E-state index contributed by atoms with van der Waals surface area (Å²) in [5.41, 5.74) is 0. The SMILES string of the molecule is CCC(COC)Nc1ncnc(Cl)c1OC. The zero-order chi connectivity index (χ0) is 12.0. The molecule has 0 aromatic carbocycles. The van der Waals surface area contributed by atoms with E-state index in [1.54, 1.807) is 7.11 Å². The number of nitrogens with one attached hydrogen (secondary N) is 1. The van der Waals surface area contributed by atoms with Crippen LogP contribution in [-0.4, -0.2) is 36.8 Å². The molecule has 1 unspecified atom stereocenters. The number of anilines is 1. The van der Waals surface area contributed by atoms with E-state index in [4.69, 9.17) is 21.1 Å². The summed E-state index contributed by atoms with van der Waals surface area (Å²) >= 11 is 5.89. The third-order valence-corrected chi connectivity index (χ3v) is 2.44. The number of methoxy groups -OCH3 is 2. The average molecular weight is 246 g/mol. The molecule has 1 N–H and O–H groups in total. The first-order valence-corrected chi connectivity index (χ1v) is 5.40. The van der Waals surface area contributed by atoms with E-state index < -0.39 is 0 Å². The molecule has 16 heavy (non-hydrogen) atoms. The Kier molecular flexibility index (Phi) is 5.28. The van der Waals surface area contributed by atoms with Gasteiger partial charge in [-0.1, -0.05) is 18.5 Å². The second-order valence-corrected chi connectivity index (χ2v) is 3.61. The lowest BCUT2D eigenvalue weighted by atomic mass is 10.2. The summed E-state index contributed by atoms with van der Waals surface area (Å²) in [7, 11) is 3.20. The standard InChI is InChI=1S/C10H16ClN3O2/c1-4-7(5-15-2)14-10-8(16-3)9(11)12-6-13-10/h6-7H,4-5H2,1-3H3,(H,12,13,14). The van der Waals surface area contributed by atoms with Crippen LogP contribution in [0.3, 0.4) is 0 Å². The number of aromatic nitrogens is 2. The summed E-state index contributed by atoms with van der Waals surface area (Å²) in [6.45, 7) is 2.66. The van der Waals surface area contributed by atoms with Crippen molar-refractivity contribution in [3.63, 3.8) is 0 Å². The third kappa shape index (κ3) is 3.21. The topological polar surface area (TPSA) is 56.3 Å². The van der Waals surface area contributed by atoms with Gasteiger partial charge in [-0.3, -0.25) is 0 Å². The van der Waals surface area contributed by atoms with Gasteiger partial charge in [0.15, 0.2) is 16.7 Å². The maximum Gasteiger partial charge on any atom is 0.198 e. The van der Waals surface area contributed by atoms with Gasteiger partial charge >= 0.3 is 0 Å². The molecule has 0 amide bonds. The van der Waals surface area contributed by atoms with Crippen molar-refractivity contribution < 1.29 is 9.47 Å². The van der Waals surface area contributed by atoms with Crippen LogP contribution in [0.5, 0.6) is 5.75 Å². The van der Waals surface area contributed by atoms with Gasteiger partial charge in [0.25, 0.3) is 0 Å². The van der Waals surface area contributed by atoms with Crippen LogP contribution in [0.15, 0.2) is 6.33 Å². The van der Waals surface area contributed by atoms with Gasteiger partial charge in [0.1, 0.15) is 6.33 Å². The molecule has 0 spiro atoms. The van der Waals surface area contributed by atoms with Crippen molar-refractivity contribution in [3.8, 4) is 5.75 Å². The van der Waals surface area contributed by atoms with E-state index in [1.807, 2.05) is 0 Å². The molecule has 5 nitrogen and oxygen atoms in total. The van der Waals surface area contributed by atoms with Gasteiger partial charge in [0, 0.05) is 7.11 Å². The number of rotatable bonds is 6. The molecule has 90 valence electrons. The minimum atomic E-state index is 0.171. The fourth-order valence-electron chi connectivity index (χ4n) is 1.29. The molecule has 0 bridgehead atoms. The van der Waals surface area contributed by atoms with Gasteiger partial charge in [-0.25, -0.2) is 9.97 Å². The van der Waals surface area contributed by atoms with Crippen LogP contribution in [0.1, 0.15) is 13.3 Å². The zero-order valence-corrected chi connectivity index (χ0v) is 10.4. The Morgan fingerprint density at radius 2 is 2.19 bits per heavy atom. The molecule has 1 rings (SSSR count). The fraction of sp³-hybridized carbons (Fsp3) is 0.600. The van der Waals surface area contributed by atoms with Crippen LogP contribution < -0.4 is 10.1 Å². The number of halogens is 1. The smallest absolute Gasteiger partial charge is 0.198 e. The molecular weight excluding hydrogens is 230 g/mol. The molecule has 0 saturated heterocycles. The molecule has 0 aliphatic carbocycles. The fourth-order valence-corrected chi connectivity index (χ4v) is 1.50. The first kappa shape index (κ1) is 13.0. The third-order valence-electron chi connectivity index (χ3n) is 2.17. The second-order valence-electron chi connectivity index (χ2n) is 3.25. The summed E-state index contributed by atoms with van der Waals surface area (Å²) in [4.78, 5) is 7.94. The monoisotopic (exact) mass is 245 g/mol. The Hall–Kier alpha value is -1.07. The average Bonchev–Trinajstić information content (AvgIpc) is 2.28. The van der Waals surface area contributed by atoms with Gasteiger partial charge < -0.3 is 14.8 Å². The summed E-state index contributed by atoms with van der Waals surface area (Å²) in [6, 6.07) is 0.171. The van der Waals surface area contributed by atoms with Crippen molar-refractivity contribution in [1.82, 2.24) is 9.97 Å². The van der Waals surface area contributed by atoms with Gasteiger partial charge in [-0.05, 0) is 6.42 Å². The Balaban J connectivity index is 2.82. The van der Waals surface area contributed by atoms with Crippen LogP contribution in [0.2, 0.25) is 5.15 Å². The Morgan fingerprint density at radius 1 is 1.44 bits per heavy atom. The molecule has 1 heterocycles. The van der Waals surface area contributed by atoms with Gasteiger partial charge in [0.2, 0.25) is 0 Å². The molecule has 1 aromatic rings. The Morgan fingerprint density at radius 3 is 2.75 bits per heavy atom. The molecule has 0 saturated carbocycles. The molecule has 0 fully saturated rings. The van der Waals surface area contributed by atoms with Crippen molar-refractivity contribution in [2.75, 3.05) is 26.1 Å². The summed E-state index contributed by atoms with van der Waals surface area (Å²) < 4.78 is 10.2. The quantitative estimate of drug-likeness (QED) is 0.777. The first-order valence-electron chi connectivity index (χ1n) is 5.02. The van der Waals surface area contributed by atoms with Crippen LogP contribution >= 0.6 is 11.6 Å². The molecule has 0 aliphatic rings. The molecule has 0 radical (unpaired) electrons. The van der Waals surface area contributed by atoms with Gasteiger partial charge in [-0.15, -0.1) is 0 Å². The van der Waals surface area contributed by atoms with E-state index in [1.165, 1.54) is 13.4 Å². The summed E-state index contributed by atoms with van der Waals surface area (Å²) in [6.07, 6.45) is 2.31. The minimum Gasteiger partial charge on any atom is -0.490 e. The lowest BCUT2D eigenvalue weighted by Crippen LogP contribution is -2.24. The maximum atomic E-state index is 5.89. The van der Waals surface area contributed by atoms with Gasteiger partial charge in [0.05, 0.1) is 19.8 Å². The van der Waals surface area contributed by atoms with Crippen molar-refractivity contribution in [2.45, 2.75) is 19.4 Å². The zero-order valence-electron chi connectivity index (χ0n) is 9.66. The Labute approximate surface area is 100 Å². The van der Waals surface area contributed by atoms with Crippen molar-refractivity contribution >= 4 is 17.4 Å². The normalized spacial score (nSPS) is 12.2. The number of hydrogen-bond donors (Lipinski definition) is 1. The van der Waals surface area contributed by atoms with Crippen molar-refractivity contribution in [1.29, 1.82) is 0 Å².